The molecular formula is C14H18N4O. The molecule has 0 aliphatic heterocycles. The Morgan fingerprint density at radius 3 is 2.58 bits per heavy atom. The van der Waals surface area contributed by atoms with Crippen LogP contribution in [0.3, 0.4) is 0 Å². The lowest BCUT2D eigenvalue weighted by molar-refractivity contribution is 0.220. The van der Waals surface area contributed by atoms with Gasteiger partial charge in [0.25, 0.3) is 0 Å². The molecule has 0 atom stereocenters. The van der Waals surface area contributed by atoms with Crippen LogP contribution in [0.2, 0.25) is 0 Å². The van der Waals surface area contributed by atoms with E-state index < -0.39 is 0 Å². The summed E-state index contributed by atoms with van der Waals surface area (Å²) in [5, 5.41) is 4.09. The van der Waals surface area contributed by atoms with Crippen molar-refractivity contribution in [1.29, 1.82) is 0 Å². The largest absolute Gasteiger partial charge is 0.338 e. The van der Waals surface area contributed by atoms with E-state index in [9.17, 15) is 0 Å². The molecule has 5 heteroatoms. The van der Waals surface area contributed by atoms with Crippen molar-refractivity contribution in [1.82, 2.24) is 15.1 Å². The van der Waals surface area contributed by atoms with Crippen molar-refractivity contribution in [2.24, 2.45) is 5.73 Å². The molecule has 1 aliphatic rings. The van der Waals surface area contributed by atoms with Gasteiger partial charge in [0.05, 0.1) is 5.41 Å². The maximum atomic E-state index is 5.98. The number of nitrogens with zero attached hydrogens (tertiary/aromatic N) is 3. The lowest BCUT2D eigenvalue weighted by atomic mass is 9.74. The fourth-order valence-corrected chi connectivity index (χ4v) is 2.79. The van der Waals surface area contributed by atoms with Gasteiger partial charge in [-0.05, 0) is 25.0 Å². The van der Waals surface area contributed by atoms with Crippen molar-refractivity contribution >= 4 is 0 Å². The molecule has 1 fully saturated rings. The lowest BCUT2D eigenvalue weighted by Crippen LogP contribution is -2.37. The van der Waals surface area contributed by atoms with Gasteiger partial charge in [-0.25, -0.2) is 0 Å². The minimum Gasteiger partial charge on any atom is -0.338 e. The molecule has 2 heterocycles. The third-order valence-electron chi connectivity index (χ3n) is 4.02. The van der Waals surface area contributed by atoms with Crippen LogP contribution in [-0.4, -0.2) is 21.7 Å². The molecule has 0 amide bonds. The van der Waals surface area contributed by atoms with E-state index in [-0.39, 0.29) is 5.41 Å². The molecule has 5 nitrogen and oxygen atoms in total. The summed E-state index contributed by atoms with van der Waals surface area (Å²) in [7, 11) is 0. The monoisotopic (exact) mass is 258 g/mol. The number of hydrogen-bond acceptors (Lipinski definition) is 5. The molecule has 0 unspecified atom stereocenters. The Bertz CT molecular complexity index is 531. The maximum absolute atomic E-state index is 5.98. The Balaban J connectivity index is 1.92. The Labute approximate surface area is 112 Å². The van der Waals surface area contributed by atoms with E-state index in [0.717, 1.165) is 18.4 Å². The average molecular weight is 258 g/mol. The van der Waals surface area contributed by atoms with Crippen LogP contribution >= 0.6 is 0 Å². The van der Waals surface area contributed by atoms with E-state index in [1.807, 2.05) is 12.1 Å². The quantitative estimate of drug-likeness (QED) is 0.913. The van der Waals surface area contributed by atoms with E-state index in [1.165, 1.54) is 19.3 Å². The summed E-state index contributed by atoms with van der Waals surface area (Å²) in [5.74, 6) is 1.32. The first-order valence-electron chi connectivity index (χ1n) is 6.79. The molecule has 0 spiro atoms. The van der Waals surface area contributed by atoms with Crippen molar-refractivity contribution < 1.29 is 4.52 Å². The molecular weight excluding hydrogens is 240 g/mol. The summed E-state index contributed by atoms with van der Waals surface area (Å²) < 4.78 is 5.49. The van der Waals surface area contributed by atoms with Crippen LogP contribution in [0.1, 0.15) is 38.0 Å². The van der Waals surface area contributed by atoms with Gasteiger partial charge in [-0.2, -0.15) is 4.98 Å². The predicted octanol–water partition coefficient (Wildman–Crippen LogP) is 2.29. The highest BCUT2D eigenvalue weighted by atomic mass is 16.5. The number of hydrogen-bond donors (Lipinski definition) is 1. The fourth-order valence-electron chi connectivity index (χ4n) is 2.79. The maximum Gasteiger partial charge on any atom is 0.234 e. The zero-order valence-corrected chi connectivity index (χ0v) is 10.9. The third kappa shape index (κ3) is 2.26. The second-order valence-corrected chi connectivity index (χ2v) is 5.20. The summed E-state index contributed by atoms with van der Waals surface area (Å²) in [4.78, 5) is 8.55. The standard InChI is InChI=1S/C14H18N4O/c15-10-14(6-2-1-3-7-14)13-17-12(18-19-13)11-4-8-16-9-5-11/h4-5,8-9H,1-3,6-7,10,15H2. The van der Waals surface area contributed by atoms with Gasteiger partial charge in [0.1, 0.15) is 0 Å². The molecule has 2 aromatic rings. The van der Waals surface area contributed by atoms with Crippen LogP contribution in [0.4, 0.5) is 0 Å². The van der Waals surface area contributed by atoms with Crippen LogP contribution in [0.5, 0.6) is 0 Å². The Kier molecular flexibility index (Phi) is 3.29. The summed E-state index contributed by atoms with van der Waals surface area (Å²) in [5.41, 5.74) is 6.79. The molecule has 0 bridgehead atoms. The lowest BCUT2D eigenvalue weighted by Gasteiger charge is -2.32. The topological polar surface area (TPSA) is 77.8 Å². The molecule has 1 saturated carbocycles. The van der Waals surface area contributed by atoms with Crippen molar-refractivity contribution in [3.05, 3.63) is 30.4 Å². The summed E-state index contributed by atoms with van der Waals surface area (Å²) in [6.45, 7) is 0.574. The molecule has 0 radical (unpaired) electrons. The first-order chi connectivity index (χ1) is 9.34. The van der Waals surface area contributed by atoms with Crippen molar-refractivity contribution in [2.75, 3.05) is 6.54 Å². The van der Waals surface area contributed by atoms with E-state index in [2.05, 4.69) is 15.1 Å². The first-order valence-corrected chi connectivity index (χ1v) is 6.79. The van der Waals surface area contributed by atoms with Gasteiger partial charge in [-0.1, -0.05) is 24.4 Å². The molecule has 3 rings (SSSR count). The molecule has 2 aromatic heterocycles. The third-order valence-corrected chi connectivity index (χ3v) is 4.02. The van der Waals surface area contributed by atoms with Crippen LogP contribution in [-0.2, 0) is 5.41 Å². The molecule has 0 aromatic carbocycles. The molecule has 2 N–H and O–H groups in total. The highest BCUT2D eigenvalue weighted by Gasteiger charge is 2.38. The fraction of sp³-hybridized carbons (Fsp3) is 0.500. The van der Waals surface area contributed by atoms with Gasteiger partial charge in [0.2, 0.25) is 11.7 Å². The van der Waals surface area contributed by atoms with Crippen molar-refractivity contribution in [3.63, 3.8) is 0 Å². The van der Waals surface area contributed by atoms with E-state index in [0.29, 0.717) is 18.3 Å². The summed E-state index contributed by atoms with van der Waals surface area (Å²) >= 11 is 0. The molecule has 19 heavy (non-hydrogen) atoms. The van der Waals surface area contributed by atoms with Crippen molar-refractivity contribution in [3.8, 4) is 11.4 Å². The Morgan fingerprint density at radius 2 is 1.89 bits per heavy atom. The number of aromatic nitrogens is 3. The summed E-state index contributed by atoms with van der Waals surface area (Å²) in [6, 6.07) is 3.76. The van der Waals surface area contributed by atoms with Crippen LogP contribution in [0.15, 0.2) is 29.0 Å². The zero-order valence-electron chi connectivity index (χ0n) is 10.9. The SMILES string of the molecule is NCC1(c2nc(-c3ccncc3)no2)CCCCC1. The normalized spacial score (nSPS) is 18.4. The Morgan fingerprint density at radius 1 is 1.16 bits per heavy atom. The minimum atomic E-state index is -0.115. The minimum absolute atomic E-state index is 0.115. The molecule has 1 aliphatic carbocycles. The van der Waals surface area contributed by atoms with E-state index >= 15 is 0 Å². The second kappa shape index (κ2) is 5.09. The molecule has 100 valence electrons. The van der Waals surface area contributed by atoms with Gasteiger partial charge >= 0.3 is 0 Å². The number of rotatable bonds is 3. The van der Waals surface area contributed by atoms with Gasteiger partial charge < -0.3 is 10.3 Å². The van der Waals surface area contributed by atoms with E-state index in [1.54, 1.807) is 12.4 Å². The van der Waals surface area contributed by atoms with Crippen LogP contribution in [0.25, 0.3) is 11.4 Å². The van der Waals surface area contributed by atoms with Crippen molar-refractivity contribution in [2.45, 2.75) is 37.5 Å². The second-order valence-electron chi connectivity index (χ2n) is 5.20. The molecule has 0 saturated heterocycles. The smallest absolute Gasteiger partial charge is 0.234 e. The van der Waals surface area contributed by atoms with Gasteiger partial charge in [0.15, 0.2) is 0 Å². The highest BCUT2D eigenvalue weighted by Crippen LogP contribution is 2.38. The van der Waals surface area contributed by atoms with Crippen LogP contribution in [0, 0.1) is 0 Å². The zero-order chi connectivity index (χ0) is 13.1. The van der Waals surface area contributed by atoms with Gasteiger partial charge in [0, 0.05) is 24.5 Å². The first kappa shape index (κ1) is 12.3. The van der Waals surface area contributed by atoms with Gasteiger partial charge in [-0.3, -0.25) is 4.98 Å². The summed E-state index contributed by atoms with van der Waals surface area (Å²) in [6.07, 6.45) is 9.18. The van der Waals surface area contributed by atoms with Gasteiger partial charge in [-0.15, -0.1) is 0 Å². The predicted molar refractivity (Wildman–Crippen MR) is 71.3 cm³/mol. The Hall–Kier alpha value is -1.75. The highest BCUT2D eigenvalue weighted by molar-refractivity contribution is 5.52. The number of nitrogens with two attached hydrogens (primary N) is 1. The van der Waals surface area contributed by atoms with Crippen LogP contribution < -0.4 is 5.73 Å². The van der Waals surface area contributed by atoms with E-state index in [4.69, 9.17) is 10.3 Å². The number of pyridine rings is 1. The average Bonchev–Trinajstić information content (AvgIpc) is 2.99.